The summed E-state index contributed by atoms with van der Waals surface area (Å²) in [4.78, 5) is 22.2. The standard InChI is InChI=1S/C24H24FN3O/c1-3-15(2)24(29)28-23-21(13-16-7-5-4-6-8-16)26-22-19-11-10-18(25)14-17(19)9-12-20(22)27-23/h4-8,10-11,14-15H,3,9,12-13H2,1-2H3,(H,27,28,29). The highest BCUT2D eigenvalue weighted by molar-refractivity contribution is 5.92. The highest BCUT2D eigenvalue weighted by Crippen LogP contribution is 2.33. The summed E-state index contributed by atoms with van der Waals surface area (Å²) < 4.78 is 13.7. The van der Waals surface area contributed by atoms with Crippen LogP contribution in [0.25, 0.3) is 11.3 Å². The maximum atomic E-state index is 13.7. The van der Waals surface area contributed by atoms with E-state index in [1.807, 2.05) is 44.2 Å². The van der Waals surface area contributed by atoms with Gasteiger partial charge in [-0.15, -0.1) is 0 Å². The van der Waals surface area contributed by atoms with Crippen LogP contribution in [0.2, 0.25) is 0 Å². The molecule has 1 amide bonds. The Bertz CT molecular complexity index is 1050. The van der Waals surface area contributed by atoms with Crippen LogP contribution in [0.15, 0.2) is 48.5 Å². The normalized spacial score (nSPS) is 13.3. The Kier molecular flexibility index (Phi) is 5.38. The van der Waals surface area contributed by atoms with Crippen molar-refractivity contribution in [3.63, 3.8) is 0 Å². The van der Waals surface area contributed by atoms with E-state index in [0.29, 0.717) is 25.1 Å². The Morgan fingerprint density at radius 1 is 1.14 bits per heavy atom. The maximum absolute atomic E-state index is 13.7. The fourth-order valence-electron chi connectivity index (χ4n) is 3.59. The summed E-state index contributed by atoms with van der Waals surface area (Å²) in [5, 5.41) is 2.99. The van der Waals surface area contributed by atoms with E-state index in [2.05, 4.69) is 5.32 Å². The predicted octanol–water partition coefficient (Wildman–Crippen LogP) is 4.96. The molecule has 4 nitrogen and oxygen atoms in total. The summed E-state index contributed by atoms with van der Waals surface area (Å²) in [6, 6.07) is 14.8. The van der Waals surface area contributed by atoms with Crippen molar-refractivity contribution in [3.05, 3.63) is 76.9 Å². The number of nitrogens with one attached hydrogen (secondary N) is 1. The van der Waals surface area contributed by atoms with Crippen molar-refractivity contribution in [3.8, 4) is 11.3 Å². The molecule has 1 aromatic heterocycles. The summed E-state index contributed by atoms with van der Waals surface area (Å²) >= 11 is 0. The SMILES string of the molecule is CCC(C)C(=O)Nc1nc2c(nc1Cc1ccccc1)-c1ccc(F)cc1CC2. The van der Waals surface area contributed by atoms with Crippen LogP contribution >= 0.6 is 0 Å². The minimum atomic E-state index is -0.234. The fourth-order valence-corrected chi connectivity index (χ4v) is 3.59. The number of halogens is 1. The molecule has 4 rings (SSSR count). The van der Waals surface area contributed by atoms with Crippen molar-refractivity contribution in [1.29, 1.82) is 0 Å². The number of fused-ring (bicyclic) bond motifs is 3. The van der Waals surface area contributed by atoms with E-state index in [1.165, 1.54) is 6.07 Å². The van der Waals surface area contributed by atoms with E-state index < -0.39 is 0 Å². The lowest BCUT2D eigenvalue weighted by Gasteiger charge is -2.21. The molecule has 3 aromatic rings. The largest absolute Gasteiger partial charge is 0.309 e. The Morgan fingerprint density at radius 2 is 1.93 bits per heavy atom. The number of benzene rings is 2. The molecule has 1 unspecified atom stereocenters. The van der Waals surface area contributed by atoms with Crippen molar-refractivity contribution in [2.45, 2.75) is 39.5 Å². The molecule has 1 atom stereocenters. The third kappa shape index (κ3) is 4.04. The van der Waals surface area contributed by atoms with Crippen molar-refractivity contribution in [2.24, 2.45) is 5.92 Å². The molecule has 0 aliphatic heterocycles. The van der Waals surface area contributed by atoms with Crippen LogP contribution in [-0.2, 0) is 24.1 Å². The number of rotatable bonds is 5. The monoisotopic (exact) mass is 389 g/mol. The van der Waals surface area contributed by atoms with Gasteiger partial charge in [0.25, 0.3) is 0 Å². The minimum absolute atomic E-state index is 0.0469. The molecule has 0 fully saturated rings. The molecule has 5 heteroatoms. The summed E-state index contributed by atoms with van der Waals surface area (Å²) in [5.41, 5.74) is 5.34. The summed E-state index contributed by atoms with van der Waals surface area (Å²) in [6.07, 6.45) is 2.72. The number of nitrogens with zero attached hydrogens (tertiary/aromatic N) is 2. The molecule has 0 bridgehead atoms. The van der Waals surface area contributed by atoms with E-state index in [0.717, 1.165) is 40.2 Å². The molecular formula is C24H24FN3O. The lowest BCUT2D eigenvalue weighted by atomic mass is 9.91. The number of aromatic nitrogens is 2. The number of carbonyl (C=O) groups excluding carboxylic acids is 1. The Morgan fingerprint density at radius 3 is 2.69 bits per heavy atom. The first-order valence-electron chi connectivity index (χ1n) is 10.1. The van der Waals surface area contributed by atoms with Crippen LogP contribution in [0.1, 0.15) is 42.8 Å². The average molecular weight is 389 g/mol. The smallest absolute Gasteiger partial charge is 0.228 e. The second kappa shape index (κ2) is 8.11. The van der Waals surface area contributed by atoms with Crippen molar-refractivity contribution in [2.75, 3.05) is 5.32 Å². The van der Waals surface area contributed by atoms with Gasteiger partial charge in [-0.25, -0.2) is 14.4 Å². The third-order valence-electron chi connectivity index (χ3n) is 5.51. The molecule has 2 aromatic carbocycles. The fraction of sp³-hybridized carbons (Fsp3) is 0.292. The summed E-state index contributed by atoms with van der Waals surface area (Å²) in [7, 11) is 0. The number of hydrogen-bond donors (Lipinski definition) is 1. The molecule has 0 spiro atoms. The topological polar surface area (TPSA) is 54.9 Å². The molecule has 29 heavy (non-hydrogen) atoms. The zero-order chi connectivity index (χ0) is 20.4. The molecule has 1 N–H and O–H groups in total. The second-order valence-electron chi connectivity index (χ2n) is 7.58. The summed E-state index contributed by atoms with van der Waals surface area (Å²) in [6.45, 7) is 3.90. The molecule has 1 heterocycles. The van der Waals surface area contributed by atoms with Gasteiger partial charge in [-0.3, -0.25) is 4.79 Å². The summed E-state index contributed by atoms with van der Waals surface area (Å²) in [5.74, 6) is 0.154. The molecule has 1 aliphatic carbocycles. The third-order valence-corrected chi connectivity index (χ3v) is 5.51. The molecule has 0 saturated heterocycles. The van der Waals surface area contributed by atoms with Gasteiger partial charge in [0.05, 0.1) is 17.1 Å². The van der Waals surface area contributed by atoms with Gasteiger partial charge < -0.3 is 5.32 Å². The number of amides is 1. The van der Waals surface area contributed by atoms with E-state index >= 15 is 0 Å². The highest BCUT2D eigenvalue weighted by atomic mass is 19.1. The van der Waals surface area contributed by atoms with E-state index in [-0.39, 0.29) is 17.6 Å². The molecule has 0 saturated carbocycles. The van der Waals surface area contributed by atoms with Crippen LogP contribution < -0.4 is 5.32 Å². The van der Waals surface area contributed by atoms with Gasteiger partial charge in [0.15, 0.2) is 5.82 Å². The van der Waals surface area contributed by atoms with Crippen molar-refractivity contribution in [1.82, 2.24) is 9.97 Å². The van der Waals surface area contributed by atoms with Crippen LogP contribution in [0.4, 0.5) is 10.2 Å². The van der Waals surface area contributed by atoms with Crippen LogP contribution in [0.3, 0.4) is 0 Å². The highest BCUT2D eigenvalue weighted by Gasteiger charge is 2.23. The van der Waals surface area contributed by atoms with Crippen LogP contribution in [-0.4, -0.2) is 15.9 Å². The Balaban J connectivity index is 1.78. The Hall–Kier alpha value is -3.08. The van der Waals surface area contributed by atoms with Crippen LogP contribution in [0.5, 0.6) is 0 Å². The molecule has 0 radical (unpaired) electrons. The average Bonchev–Trinajstić information content (AvgIpc) is 2.74. The number of aryl methyl sites for hydroxylation is 2. The van der Waals surface area contributed by atoms with E-state index in [4.69, 9.17) is 9.97 Å². The Labute approximate surface area is 170 Å². The van der Waals surface area contributed by atoms with E-state index in [9.17, 15) is 9.18 Å². The molecule has 148 valence electrons. The zero-order valence-electron chi connectivity index (χ0n) is 16.7. The first kappa shape index (κ1) is 19.2. The van der Waals surface area contributed by atoms with Gasteiger partial charge in [-0.2, -0.15) is 0 Å². The van der Waals surface area contributed by atoms with Gasteiger partial charge >= 0.3 is 0 Å². The number of anilines is 1. The number of hydrogen-bond acceptors (Lipinski definition) is 3. The second-order valence-corrected chi connectivity index (χ2v) is 7.58. The lowest BCUT2D eigenvalue weighted by Crippen LogP contribution is -2.23. The zero-order valence-corrected chi connectivity index (χ0v) is 16.7. The van der Waals surface area contributed by atoms with Gasteiger partial charge in [-0.1, -0.05) is 44.2 Å². The van der Waals surface area contributed by atoms with Gasteiger partial charge in [0, 0.05) is 17.9 Å². The maximum Gasteiger partial charge on any atom is 0.228 e. The molecule has 1 aliphatic rings. The minimum Gasteiger partial charge on any atom is -0.309 e. The molecular weight excluding hydrogens is 365 g/mol. The van der Waals surface area contributed by atoms with Crippen molar-refractivity contribution < 1.29 is 9.18 Å². The first-order chi connectivity index (χ1) is 14.0. The van der Waals surface area contributed by atoms with Crippen molar-refractivity contribution >= 4 is 11.7 Å². The van der Waals surface area contributed by atoms with E-state index in [1.54, 1.807) is 12.1 Å². The van der Waals surface area contributed by atoms with Gasteiger partial charge in [0.1, 0.15) is 5.82 Å². The predicted molar refractivity (Wildman–Crippen MR) is 112 cm³/mol. The number of carbonyl (C=O) groups is 1. The first-order valence-corrected chi connectivity index (χ1v) is 10.1. The quantitative estimate of drug-likeness (QED) is 0.671. The van der Waals surface area contributed by atoms with Crippen LogP contribution in [0, 0.1) is 11.7 Å². The van der Waals surface area contributed by atoms with Gasteiger partial charge in [0.2, 0.25) is 5.91 Å². The van der Waals surface area contributed by atoms with Gasteiger partial charge in [-0.05, 0) is 48.6 Å². The lowest BCUT2D eigenvalue weighted by molar-refractivity contribution is -0.119.